The molecule has 1 atom stereocenters. The Labute approximate surface area is 154 Å². The van der Waals surface area contributed by atoms with Gasteiger partial charge in [0.25, 0.3) is 5.91 Å². The van der Waals surface area contributed by atoms with Crippen LogP contribution in [0.15, 0.2) is 18.2 Å². The molecule has 2 rings (SSSR count). The molecule has 0 aliphatic heterocycles. The number of carbonyl (C=O) groups excluding carboxylic acids is 1. The highest BCUT2D eigenvalue weighted by Gasteiger charge is 2.20. The monoisotopic (exact) mass is 370 g/mol. The zero-order valence-corrected chi connectivity index (χ0v) is 16.6. The number of nitrogens with two attached hydrogens (primary N) is 1. The summed E-state index contributed by atoms with van der Waals surface area (Å²) in [6.45, 7) is 6.89. The van der Waals surface area contributed by atoms with Crippen LogP contribution in [0.3, 0.4) is 0 Å². The van der Waals surface area contributed by atoms with Crippen LogP contribution in [-0.2, 0) is 0 Å². The van der Waals surface area contributed by atoms with Gasteiger partial charge in [0.1, 0.15) is 5.75 Å². The summed E-state index contributed by atoms with van der Waals surface area (Å²) in [6, 6.07) is 6.06. The molecule has 0 fully saturated rings. The zero-order valence-electron chi connectivity index (χ0n) is 15.0. The van der Waals surface area contributed by atoms with Crippen molar-refractivity contribution in [2.24, 2.45) is 11.7 Å². The van der Waals surface area contributed by atoms with Gasteiger partial charge < -0.3 is 15.4 Å². The maximum absolute atomic E-state index is 12.7. The van der Waals surface area contributed by atoms with Gasteiger partial charge in [-0.15, -0.1) is 23.7 Å². The van der Waals surface area contributed by atoms with Crippen LogP contribution < -0.4 is 10.5 Å². The lowest BCUT2D eigenvalue weighted by Gasteiger charge is -2.21. The van der Waals surface area contributed by atoms with Crippen molar-refractivity contribution in [1.29, 1.82) is 0 Å². The van der Waals surface area contributed by atoms with Gasteiger partial charge in [-0.25, -0.2) is 0 Å². The van der Waals surface area contributed by atoms with Gasteiger partial charge in [0.15, 0.2) is 0 Å². The van der Waals surface area contributed by atoms with Gasteiger partial charge in [0.2, 0.25) is 0 Å². The number of carbonyl (C=O) groups is 1. The number of rotatable bonds is 6. The molecule has 1 aromatic carbocycles. The normalized spacial score (nSPS) is 12.1. The van der Waals surface area contributed by atoms with Crippen molar-refractivity contribution in [3.05, 3.63) is 28.6 Å². The molecule has 1 unspecified atom stereocenters. The number of benzene rings is 1. The van der Waals surface area contributed by atoms with E-state index in [0.717, 1.165) is 32.7 Å². The molecule has 6 heteroatoms. The van der Waals surface area contributed by atoms with Gasteiger partial charge in [0, 0.05) is 24.3 Å². The molecular formula is C18H27ClN2O2S. The van der Waals surface area contributed by atoms with E-state index in [1.54, 1.807) is 23.3 Å². The first-order valence-electron chi connectivity index (χ1n) is 7.93. The van der Waals surface area contributed by atoms with E-state index in [4.69, 9.17) is 10.5 Å². The Kier molecular flexibility index (Phi) is 7.52. The number of nitrogens with zero attached hydrogens (tertiary/aromatic N) is 1. The number of aryl methyl sites for hydroxylation is 1. The SMILES string of the molecule is COc1ccc2sc(C(=O)N(C)CCC(N)C(C)C)c(C)c2c1.Cl. The Bertz CT molecular complexity index is 700. The van der Waals surface area contributed by atoms with E-state index in [0.29, 0.717) is 12.5 Å². The molecule has 0 saturated heterocycles. The van der Waals surface area contributed by atoms with Gasteiger partial charge >= 0.3 is 0 Å². The van der Waals surface area contributed by atoms with Crippen LogP contribution in [0.25, 0.3) is 10.1 Å². The van der Waals surface area contributed by atoms with Crippen LogP contribution in [0, 0.1) is 12.8 Å². The summed E-state index contributed by atoms with van der Waals surface area (Å²) in [5.41, 5.74) is 7.10. The molecule has 24 heavy (non-hydrogen) atoms. The van der Waals surface area contributed by atoms with Crippen LogP contribution in [0.1, 0.15) is 35.5 Å². The Balaban J connectivity index is 0.00000288. The first kappa shape index (κ1) is 20.7. The Morgan fingerprint density at radius 3 is 2.62 bits per heavy atom. The van der Waals surface area contributed by atoms with Crippen LogP contribution in [0.5, 0.6) is 5.75 Å². The lowest BCUT2D eigenvalue weighted by atomic mass is 10.0. The molecule has 1 amide bonds. The van der Waals surface area contributed by atoms with Crippen molar-refractivity contribution in [3.8, 4) is 5.75 Å². The molecular weight excluding hydrogens is 344 g/mol. The molecule has 4 nitrogen and oxygen atoms in total. The standard InChI is InChI=1S/C18H26N2O2S.ClH/c1-11(2)15(19)8-9-20(4)18(21)17-12(3)14-10-13(22-5)6-7-16(14)23-17;/h6-7,10-11,15H,8-9,19H2,1-5H3;1H. The van der Waals surface area contributed by atoms with Gasteiger partial charge in [-0.3, -0.25) is 4.79 Å². The highest BCUT2D eigenvalue weighted by molar-refractivity contribution is 7.21. The zero-order chi connectivity index (χ0) is 17.1. The summed E-state index contributed by atoms with van der Waals surface area (Å²) < 4.78 is 6.39. The smallest absolute Gasteiger partial charge is 0.263 e. The lowest BCUT2D eigenvalue weighted by Crippen LogP contribution is -2.34. The molecule has 134 valence electrons. The fourth-order valence-electron chi connectivity index (χ4n) is 2.48. The molecule has 1 aromatic heterocycles. The van der Waals surface area contributed by atoms with E-state index in [2.05, 4.69) is 13.8 Å². The number of methoxy groups -OCH3 is 1. The Hall–Kier alpha value is -1.30. The topological polar surface area (TPSA) is 55.6 Å². The maximum Gasteiger partial charge on any atom is 0.263 e. The van der Waals surface area contributed by atoms with Crippen LogP contribution >= 0.6 is 23.7 Å². The number of hydrogen-bond acceptors (Lipinski definition) is 4. The van der Waals surface area contributed by atoms with Gasteiger partial charge in [-0.2, -0.15) is 0 Å². The number of thiophene rings is 1. The molecule has 0 aliphatic rings. The first-order valence-corrected chi connectivity index (χ1v) is 8.75. The van der Waals surface area contributed by atoms with Crippen molar-refractivity contribution in [3.63, 3.8) is 0 Å². The summed E-state index contributed by atoms with van der Waals surface area (Å²) >= 11 is 1.54. The first-order chi connectivity index (χ1) is 10.8. The molecule has 0 radical (unpaired) electrons. The summed E-state index contributed by atoms with van der Waals surface area (Å²) in [4.78, 5) is 15.3. The fourth-order valence-corrected chi connectivity index (χ4v) is 3.67. The largest absolute Gasteiger partial charge is 0.497 e. The molecule has 2 N–H and O–H groups in total. The third-order valence-electron chi connectivity index (χ3n) is 4.34. The number of halogens is 1. The van der Waals surface area contributed by atoms with Crippen molar-refractivity contribution >= 4 is 39.7 Å². The second-order valence-corrected chi connectivity index (χ2v) is 7.39. The predicted molar refractivity (Wildman–Crippen MR) is 105 cm³/mol. The number of fused-ring (bicyclic) bond motifs is 1. The van der Waals surface area contributed by atoms with Crippen molar-refractivity contribution < 1.29 is 9.53 Å². The average molecular weight is 371 g/mol. The Morgan fingerprint density at radius 1 is 1.38 bits per heavy atom. The second kappa shape index (κ2) is 8.70. The summed E-state index contributed by atoms with van der Waals surface area (Å²) in [5, 5.41) is 1.09. The molecule has 0 aliphatic carbocycles. The van der Waals surface area contributed by atoms with Crippen LogP contribution in [0.4, 0.5) is 0 Å². The number of hydrogen-bond donors (Lipinski definition) is 1. The van der Waals surface area contributed by atoms with E-state index < -0.39 is 0 Å². The second-order valence-electron chi connectivity index (χ2n) is 6.34. The molecule has 0 bridgehead atoms. The van der Waals surface area contributed by atoms with Crippen LogP contribution in [-0.4, -0.2) is 37.6 Å². The minimum absolute atomic E-state index is 0. The van der Waals surface area contributed by atoms with E-state index in [9.17, 15) is 4.79 Å². The molecule has 0 saturated carbocycles. The third kappa shape index (κ3) is 4.41. The lowest BCUT2D eigenvalue weighted by molar-refractivity contribution is 0.0793. The molecule has 0 spiro atoms. The summed E-state index contributed by atoms with van der Waals surface area (Å²) in [6.07, 6.45) is 0.817. The van der Waals surface area contributed by atoms with Crippen LogP contribution in [0.2, 0.25) is 0 Å². The van der Waals surface area contributed by atoms with Crippen molar-refractivity contribution in [2.75, 3.05) is 20.7 Å². The third-order valence-corrected chi connectivity index (χ3v) is 5.60. The van der Waals surface area contributed by atoms with E-state index in [1.165, 1.54) is 0 Å². The number of amides is 1. The quantitative estimate of drug-likeness (QED) is 0.833. The van der Waals surface area contributed by atoms with E-state index >= 15 is 0 Å². The summed E-state index contributed by atoms with van der Waals surface area (Å²) in [7, 11) is 3.50. The van der Waals surface area contributed by atoms with E-state index in [-0.39, 0.29) is 24.4 Å². The number of ether oxygens (including phenoxy) is 1. The minimum atomic E-state index is 0. The summed E-state index contributed by atoms with van der Waals surface area (Å²) in [5.74, 6) is 1.31. The van der Waals surface area contributed by atoms with Crippen molar-refractivity contribution in [1.82, 2.24) is 4.90 Å². The molecule has 1 heterocycles. The highest BCUT2D eigenvalue weighted by Crippen LogP contribution is 2.34. The fraction of sp³-hybridized carbons (Fsp3) is 0.500. The van der Waals surface area contributed by atoms with Gasteiger partial charge in [-0.1, -0.05) is 13.8 Å². The minimum Gasteiger partial charge on any atom is -0.497 e. The average Bonchev–Trinajstić information content (AvgIpc) is 2.87. The predicted octanol–water partition coefficient (Wildman–Crippen LogP) is 4.09. The van der Waals surface area contributed by atoms with Crippen molar-refractivity contribution in [2.45, 2.75) is 33.2 Å². The van der Waals surface area contributed by atoms with E-state index in [1.807, 2.05) is 32.2 Å². The Morgan fingerprint density at radius 2 is 2.04 bits per heavy atom. The molecule has 2 aromatic rings. The van der Waals surface area contributed by atoms with Gasteiger partial charge in [0.05, 0.1) is 12.0 Å². The van der Waals surface area contributed by atoms with Gasteiger partial charge in [-0.05, 0) is 48.4 Å². The highest BCUT2D eigenvalue weighted by atomic mass is 35.5. The maximum atomic E-state index is 12.7.